The number of ether oxygens (including phenoxy) is 1. The first-order valence-corrected chi connectivity index (χ1v) is 10.5. The maximum atomic E-state index is 6.54. The molecule has 2 unspecified atom stereocenters. The Labute approximate surface area is 180 Å². The summed E-state index contributed by atoms with van der Waals surface area (Å²) in [5.74, 6) is 0.902. The summed E-state index contributed by atoms with van der Waals surface area (Å²) in [7, 11) is 0. The van der Waals surface area contributed by atoms with Gasteiger partial charge in [-0.25, -0.2) is 5.01 Å². The second kappa shape index (κ2) is 6.89. The van der Waals surface area contributed by atoms with Crippen molar-refractivity contribution in [2.24, 2.45) is 5.10 Å². The molecule has 30 heavy (non-hydrogen) atoms. The highest BCUT2D eigenvalue weighted by atomic mass is 35.5. The zero-order valence-corrected chi connectivity index (χ0v) is 17.0. The summed E-state index contributed by atoms with van der Waals surface area (Å²) in [6.45, 7) is 0. The van der Waals surface area contributed by atoms with Crippen molar-refractivity contribution in [3.05, 3.63) is 113 Å². The lowest BCUT2D eigenvalue weighted by atomic mass is 9.95. The van der Waals surface area contributed by atoms with Crippen molar-refractivity contribution in [3.63, 3.8) is 0 Å². The summed E-state index contributed by atoms with van der Waals surface area (Å²) in [6.07, 6.45) is 0.483. The number of benzene rings is 4. The second-order valence-corrected chi connectivity index (χ2v) is 8.15. The van der Waals surface area contributed by atoms with Crippen molar-refractivity contribution in [2.45, 2.75) is 18.7 Å². The van der Waals surface area contributed by atoms with Gasteiger partial charge >= 0.3 is 0 Å². The van der Waals surface area contributed by atoms with Gasteiger partial charge in [-0.1, -0.05) is 84.4 Å². The molecule has 0 saturated heterocycles. The normalized spacial score (nSPS) is 19.8. The molecule has 0 saturated carbocycles. The molecule has 2 aliphatic rings. The van der Waals surface area contributed by atoms with Gasteiger partial charge in [0.05, 0.1) is 11.8 Å². The summed E-state index contributed by atoms with van der Waals surface area (Å²) < 4.78 is 6.40. The zero-order chi connectivity index (χ0) is 20.1. The van der Waals surface area contributed by atoms with Crippen LogP contribution < -0.4 is 4.74 Å². The third-order valence-corrected chi connectivity index (χ3v) is 6.30. The molecule has 0 aromatic heterocycles. The number of fused-ring (bicyclic) bond motifs is 4. The number of hydrogen-bond donors (Lipinski definition) is 0. The Morgan fingerprint density at radius 2 is 1.53 bits per heavy atom. The highest BCUT2D eigenvalue weighted by Crippen LogP contribution is 2.48. The van der Waals surface area contributed by atoms with Crippen molar-refractivity contribution in [1.29, 1.82) is 0 Å². The number of nitrogens with zero attached hydrogens (tertiary/aromatic N) is 2. The van der Waals surface area contributed by atoms with E-state index in [1.165, 1.54) is 16.3 Å². The van der Waals surface area contributed by atoms with Crippen LogP contribution in [0.2, 0.25) is 5.02 Å². The molecular formula is C26H19ClN2O. The molecule has 4 aromatic carbocycles. The van der Waals surface area contributed by atoms with Gasteiger partial charge in [0, 0.05) is 22.6 Å². The predicted molar refractivity (Wildman–Crippen MR) is 121 cm³/mol. The van der Waals surface area contributed by atoms with Crippen molar-refractivity contribution in [1.82, 2.24) is 5.01 Å². The first-order valence-electron chi connectivity index (χ1n) is 10.1. The molecule has 6 rings (SSSR count). The quantitative estimate of drug-likeness (QED) is 0.365. The Morgan fingerprint density at radius 1 is 0.800 bits per heavy atom. The molecule has 0 amide bonds. The number of halogens is 1. The standard InChI is InChI=1S/C26H19ClN2O/c27-22-11-5-3-9-20(22)26-29-24(21-10-4-6-12-25(21)30-26)16-23(28-29)19-14-13-17-7-1-2-8-18(17)15-19/h1-15,24,26H,16H2. The van der Waals surface area contributed by atoms with Crippen molar-refractivity contribution in [2.75, 3.05) is 0 Å². The average molecular weight is 411 g/mol. The Morgan fingerprint density at radius 3 is 2.40 bits per heavy atom. The van der Waals surface area contributed by atoms with Crippen LogP contribution in [-0.4, -0.2) is 10.7 Å². The maximum absolute atomic E-state index is 6.54. The molecule has 146 valence electrons. The molecule has 0 radical (unpaired) electrons. The molecule has 0 fully saturated rings. The number of hydrogen-bond acceptors (Lipinski definition) is 3. The summed E-state index contributed by atoms with van der Waals surface area (Å²) in [6, 6.07) is 31.2. The van der Waals surface area contributed by atoms with Crippen molar-refractivity contribution >= 4 is 28.1 Å². The van der Waals surface area contributed by atoms with E-state index in [2.05, 4.69) is 59.6 Å². The summed E-state index contributed by atoms with van der Waals surface area (Å²) in [5, 5.41) is 10.3. The number of para-hydroxylation sites is 1. The zero-order valence-electron chi connectivity index (χ0n) is 16.2. The highest BCUT2D eigenvalue weighted by molar-refractivity contribution is 6.31. The first kappa shape index (κ1) is 17.5. The van der Waals surface area contributed by atoms with Crippen LogP contribution in [0.4, 0.5) is 0 Å². The van der Waals surface area contributed by atoms with E-state index in [0.717, 1.165) is 29.0 Å². The van der Waals surface area contributed by atoms with Gasteiger partial charge in [0.2, 0.25) is 6.23 Å². The van der Waals surface area contributed by atoms with E-state index in [9.17, 15) is 0 Å². The molecular weight excluding hydrogens is 392 g/mol. The minimum atomic E-state index is -0.350. The summed E-state index contributed by atoms with van der Waals surface area (Å²) in [5.41, 5.74) is 4.32. The smallest absolute Gasteiger partial charge is 0.215 e. The lowest BCUT2D eigenvalue weighted by molar-refractivity contribution is -0.0189. The molecule has 2 atom stereocenters. The van der Waals surface area contributed by atoms with E-state index in [1.807, 2.05) is 36.4 Å². The molecule has 2 heterocycles. The van der Waals surface area contributed by atoms with Crippen LogP contribution in [0.15, 0.2) is 96.1 Å². The fourth-order valence-electron chi connectivity index (χ4n) is 4.46. The van der Waals surface area contributed by atoms with Gasteiger partial charge in [-0.2, -0.15) is 5.10 Å². The van der Waals surface area contributed by atoms with E-state index < -0.39 is 0 Å². The van der Waals surface area contributed by atoms with Crippen LogP contribution in [0.3, 0.4) is 0 Å². The lowest BCUT2D eigenvalue weighted by Gasteiger charge is -2.38. The molecule has 0 bridgehead atoms. The van der Waals surface area contributed by atoms with Gasteiger partial charge in [0.1, 0.15) is 5.75 Å². The van der Waals surface area contributed by atoms with Gasteiger partial charge in [-0.05, 0) is 34.5 Å². The van der Waals surface area contributed by atoms with Gasteiger partial charge in [-0.3, -0.25) is 0 Å². The largest absolute Gasteiger partial charge is 0.464 e. The van der Waals surface area contributed by atoms with E-state index in [0.29, 0.717) is 5.02 Å². The summed E-state index contributed by atoms with van der Waals surface area (Å²) >= 11 is 6.54. The fraction of sp³-hybridized carbons (Fsp3) is 0.115. The van der Waals surface area contributed by atoms with Crippen LogP contribution in [0.25, 0.3) is 10.8 Å². The van der Waals surface area contributed by atoms with Crippen LogP contribution in [-0.2, 0) is 0 Å². The third kappa shape index (κ3) is 2.78. The average Bonchev–Trinajstić information content (AvgIpc) is 3.24. The topological polar surface area (TPSA) is 24.8 Å². The Kier molecular flexibility index (Phi) is 4.03. The minimum absolute atomic E-state index is 0.123. The molecule has 0 aliphatic carbocycles. The number of hydrazone groups is 1. The van der Waals surface area contributed by atoms with Gasteiger partial charge in [-0.15, -0.1) is 0 Å². The van der Waals surface area contributed by atoms with E-state index in [4.69, 9.17) is 21.4 Å². The van der Waals surface area contributed by atoms with E-state index in [1.54, 1.807) is 0 Å². The molecule has 0 spiro atoms. The van der Waals surface area contributed by atoms with E-state index in [-0.39, 0.29) is 12.3 Å². The maximum Gasteiger partial charge on any atom is 0.215 e. The molecule has 2 aliphatic heterocycles. The fourth-order valence-corrected chi connectivity index (χ4v) is 4.69. The Bertz CT molecular complexity index is 1300. The van der Waals surface area contributed by atoms with Gasteiger partial charge < -0.3 is 4.74 Å². The van der Waals surface area contributed by atoms with Crippen LogP contribution in [0.5, 0.6) is 5.75 Å². The van der Waals surface area contributed by atoms with Crippen molar-refractivity contribution < 1.29 is 4.74 Å². The minimum Gasteiger partial charge on any atom is -0.464 e. The SMILES string of the molecule is Clc1ccccc1C1Oc2ccccc2C2CC(c3ccc4ccccc4c3)=NN21. The van der Waals surface area contributed by atoms with Gasteiger partial charge in [0.15, 0.2) is 0 Å². The number of rotatable bonds is 2. The van der Waals surface area contributed by atoms with Crippen LogP contribution in [0.1, 0.15) is 35.4 Å². The Balaban J connectivity index is 1.47. The monoisotopic (exact) mass is 410 g/mol. The third-order valence-electron chi connectivity index (χ3n) is 5.95. The predicted octanol–water partition coefficient (Wildman–Crippen LogP) is 6.74. The van der Waals surface area contributed by atoms with Gasteiger partial charge in [0.25, 0.3) is 0 Å². The Hall–Kier alpha value is -3.30. The second-order valence-electron chi connectivity index (χ2n) is 7.74. The van der Waals surface area contributed by atoms with E-state index >= 15 is 0 Å². The lowest BCUT2D eigenvalue weighted by Crippen LogP contribution is -2.33. The highest BCUT2D eigenvalue weighted by Gasteiger charge is 2.41. The molecule has 3 nitrogen and oxygen atoms in total. The first-order chi connectivity index (χ1) is 14.8. The molecule has 0 N–H and O–H groups in total. The molecule has 4 heteroatoms. The summed E-state index contributed by atoms with van der Waals surface area (Å²) in [4.78, 5) is 0. The van der Waals surface area contributed by atoms with Crippen LogP contribution >= 0.6 is 11.6 Å². The van der Waals surface area contributed by atoms with Crippen molar-refractivity contribution in [3.8, 4) is 5.75 Å². The molecule has 4 aromatic rings. The van der Waals surface area contributed by atoms with Crippen LogP contribution in [0, 0.1) is 0 Å².